The molecule has 1 aromatic rings. The van der Waals surface area contributed by atoms with Crippen molar-refractivity contribution in [2.45, 2.75) is 32.9 Å². The molecule has 1 aromatic carbocycles. The molecule has 0 spiro atoms. The maximum Gasteiger partial charge on any atom is 0.119 e. The molecule has 1 aliphatic rings. The molecule has 0 bridgehead atoms. The van der Waals surface area contributed by atoms with Crippen molar-refractivity contribution in [3.05, 3.63) is 29.8 Å². The average molecular weight is 291 g/mol. The Labute approximate surface area is 128 Å². The molecule has 4 nitrogen and oxygen atoms in total. The Morgan fingerprint density at radius 1 is 1.10 bits per heavy atom. The summed E-state index contributed by atoms with van der Waals surface area (Å²) in [5.74, 6) is 0.916. The first kappa shape index (κ1) is 16.3. The fraction of sp³-hybridized carbons (Fsp3) is 0.647. The summed E-state index contributed by atoms with van der Waals surface area (Å²) in [7, 11) is 0. The lowest BCUT2D eigenvalue weighted by Crippen LogP contribution is -2.50. The van der Waals surface area contributed by atoms with E-state index in [2.05, 4.69) is 35.8 Å². The molecule has 2 N–H and O–H groups in total. The predicted octanol–water partition coefficient (Wildman–Crippen LogP) is 2.11. The minimum atomic E-state index is 0.0753. The van der Waals surface area contributed by atoms with Crippen molar-refractivity contribution in [1.82, 2.24) is 9.80 Å². The lowest BCUT2D eigenvalue weighted by molar-refractivity contribution is 0.104. The van der Waals surface area contributed by atoms with Gasteiger partial charge in [-0.2, -0.15) is 0 Å². The summed E-state index contributed by atoms with van der Waals surface area (Å²) in [6.07, 6.45) is 0. The van der Waals surface area contributed by atoms with Crippen LogP contribution >= 0.6 is 0 Å². The van der Waals surface area contributed by atoms with E-state index in [0.29, 0.717) is 12.6 Å². The van der Waals surface area contributed by atoms with Gasteiger partial charge in [-0.25, -0.2) is 0 Å². The second-order valence-electron chi connectivity index (χ2n) is 6.04. The summed E-state index contributed by atoms with van der Waals surface area (Å²) in [6, 6.07) is 8.91. The Hall–Kier alpha value is -1.10. The van der Waals surface area contributed by atoms with E-state index in [0.717, 1.165) is 38.5 Å². The molecule has 1 atom stereocenters. The number of benzene rings is 1. The van der Waals surface area contributed by atoms with Crippen molar-refractivity contribution in [2.75, 3.05) is 39.3 Å². The molecule has 0 radical (unpaired) electrons. The van der Waals surface area contributed by atoms with Gasteiger partial charge in [0.05, 0.1) is 6.61 Å². The van der Waals surface area contributed by atoms with E-state index < -0.39 is 0 Å². The van der Waals surface area contributed by atoms with Gasteiger partial charge < -0.3 is 10.5 Å². The van der Waals surface area contributed by atoms with Gasteiger partial charge in [-0.1, -0.05) is 12.1 Å². The van der Waals surface area contributed by atoms with Crippen LogP contribution in [0, 0.1) is 0 Å². The molecule has 1 aliphatic heterocycles. The summed E-state index contributed by atoms with van der Waals surface area (Å²) in [5.41, 5.74) is 7.53. The van der Waals surface area contributed by atoms with Gasteiger partial charge in [0.25, 0.3) is 0 Å². The number of nitrogens with zero attached hydrogens (tertiary/aromatic N) is 2. The molecule has 1 heterocycles. The predicted molar refractivity (Wildman–Crippen MR) is 87.7 cm³/mol. The summed E-state index contributed by atoms with van der Waals surface area (Å²) in [4.78, 5) is 5.00. The lowest BCUT2D eigenvalue weighted by atomic mass is 10.1. The average Bonchev–Trinajstić information content (AvgIpc) is 2.49. The van der Waals surface area contributed by atoms with E-state index in [1.807, 2.05) is 19.1 Å². The van der Waals surface area contributed by atoms with Gasteiger partial charge in [0, 0.05) is 44.8 Å². The molecule has 0 saturated carbocycles. The fourth-order valence-electron chi connectivity index (χ4n) is 2.82. The van der Waals surface area contributed by atoms with Gasteiger partial charge in [-0.3, -0.25) is 9.80 Å². The Morgan fingerprint density at radius 3 is 2.24 bits per heavy atom. The van der Waals surface area contributed by atoms with Crippen molar-refractivity contribution in [3.8, 4) is 5.75 Å². The molecule has 21 heavy (non-hydrogen) atoms. The van der Waals surface area contributed by atoms with Crippen LogP contribution < -0.4 is 10.5 Å². The highest BCUT2D eigenvalue weighted by molar-refractivity contribution is 5.29. The number of nitrogens with two attached hydrogens (primary N) is 1. The van der Waals surface area contributed by atoms with Crippen LogP contribution in [0.4, 0.5) is 0 Å². The van der Waals surface area contributed by atoms with Crippen molar-refractivity contribution in [3.63, 3.8) is 0 Å². The zero-order valence-electron chi connectivity index (χ0n) is 13.6. The van der Waals surface area contributed by atoms with Crippen molar-refractivity contribution in [1.29, 1.82) is 0 Å². The van der Waals surface area contributed by atoms with Gasteiger partial charge in [0.2, 0.25) is 0 Å². The third kappa shape index (κ3) is 4.70. The van der Waals surface area contributed by atoms with E-state index in [1.165, 1.54) is 5.56 Å². The molecule has 118 valence electrons. The fourth-order valence-corrected chi connectivity index (χ4v) is 2.82. The summed E-state index contributed by atoms with van der Waals surface area (Å²) in [6.45, 7) is 12.7. The Bertz CT molecular complexity index is 411. The normalized spacial score (nSPS) is 18.9. The van der Waals surface area contributed by atoms with Gasteiger partial charge >= 0.3 is 0 Å². The first-order valence-electron chi connectivity index (χ1n) is 8.05. The van der Waals surface area contributed by atoms with Crippen molar-refractivity contribution < 1.29 is 4.74 Å². The molecule has 1 fully saturated rings. The minimum absolute atomic E-state index is 0.0753. The number of piperazine rings is 1. The van der Waals surface area contributed by atoms with Gasteiger partial charge in [-0.15, -0.1) is 0 Å². The van der Waals surface area contributed by atoms with E-state index in [1.54, 1.807) is 0 Å². The van der Waals surface area contributed by atoms with E-state index in [9.17, 15) is 0 Å². The molecule has 0 aliphatic carbocycles. The number of rotatable bonds is 6. The van der Waals surface area contributed by atoms with Gasteiger partial charge in [-0.05, 0) is 38.5 Å². The standard InChI is InChI=1S/C17H29N3O/c1-4-21-16-7-5-15(6-8-16)17(18)13-19-9-11-20(12-10-19)14(2)3/h5-8,14,17H,4,9-13,18H2,1-3H3. The highest BCUT2D eigenvalue weighted by Gasteiger charge is 2.20. The van der Waals surface area contributed by atoms with Gasteiger partial charge in [0.15, 0.2) is 0 Å². The topological polar surface area (TPSA) is 41.7 Å². The van der Waals surface area contributed by atoms with Crippen LogP contribution in [0.25, 0.3) is 0 Å². The third-order valence-corrected chi connectivity index (χ3v) is 4.21. The van der Waals surface area contributed by atoms with Crippen LogP contribution in [-0.2, 0) is 0 Å². The SMILES string of the molecule is CCOc1ccc(C(N)CN2CCN(C(C)C)CC2)cc1. The Morgan fingerprint density at radius 2 is 1.71 bits per heavy atom. The quantitative estimate of drug-likeness (QED) is 0.871. The minimum Gasteiger partial charge on any atom is -0.494 e. The monoisotopic (exact) mass is 291 g/mol. The maximum absolute atomic E-state index is 6.35. The van der Waals surface area contributed by atoms with Crippen LogP contribution in [0.1, 0.15) is 32.4 Å². The highest BCUT2D eigenvalue weighted by Crippen LogP contribution is 2.18. The van der Waals surface area contributed by atoms with Crippen LogP contribution in [0.2, 0.25) is 0 Å². The number of ether oxygens (including phenoxy) is 1. The second kappa shape index (κ2) is 7.78. The molecule has 1 unspecified atom stereocenters. The molecular formula is C17H29N3O. The highest BCUT2D eigenvalue weighted by atomic mass is 16.5. The van der Waals surface area contributed by atoms with E-state index in [4.69, 9.17) is 10.5 Å². The maximum atomic E-state index is 6.35. The van der Waals surface area contributed by atoms with E-state index in [-0.39, 0.29) is 6.04 Å². The van der Waals surface area contributed by atoms with E-state index >= 15 is 0 Å². The molecule has 1 saturated heterocycles. The first-order valence-corrected chi connectivity index (χ1v) is 8.05. The second-order valence-corrected chi connectivity index (χ2v) is 6.04. The summed E-state index contributed by atoms with van der Waals surface area (Å²) >= 11 is 0. The van der Waals surface area contributed by atoms with Crippen molar-refractivity contribution in [2.24, 2.45) is 5.73 Å². The lowest BCUT2D eigenvalue weighted by Gasteiger charge is -2.37. The smallest absolute Gasteiger partial charge is 0.119 e. The third-order valence-electron chi connectivity index (χ3n) is 4.21. The number of hydrogen-bond acceptors (Lipinski definition) is 4. The molecule has 4 heteroatoms. The molecular weight excluding hydrogens is 262 g/mol. The van der Waals surface area contributed by atoms with Crippen LogP contribution in [0.3, 0.4) is 0 Å². The summed E-state index contributed by atoms with van der Waals surface area (Å²) in [5, 5.41) is 0. The summed E-state index contributed by atoms with van der Waals surface area (Å²) < 4.78 is 5.47. The van der Waals surface area contributed by atoms with Crippen LogP contribution in [0.5, 0.6) is 5.75 Å². The van der Waals surface area contributed by atoms with Crippen LogP contribution in [0.15, 0.2) is 24.3 Å². The van der Waals surface area contributed by atoms with Crippen LogP contribution in [-0.4, -0.2) is 55.2 Å². The molecule has 0 amide bonds. The largest absolute Gasteiger partial charge is 0.494 e. The Kier molecular flexibility index (Phi) is 6.03. The zero-order valence-corrected chi connectivity index (χ0v) is 13.6. The molecule has 0 aromatic heterocycles. The number of hydrogen-bond donors (Lipinski definition) is 1. The first-order chi connectivity index (χ1) is 10.1. The van der Waals surface area contributed by atoms with Crippen molar-refractivity contribution >= 4 is 0 Å². The zero-order chi connectivity index (χ0) is 15.2. The molecule has 2 rings (SSSR count). The van der Waals surface area contributed by atoms with Gasteiger partial charge in [0.1, 0.15) is 5.75 Å². The Balaban J connectivity index is 1.83.